The fourth-order valence-electron chi connectivity index (χ4n) is 1.15. The van der Waals surface area contributed by atoms with E-state index in [1.807, 2.05) is 0 Å². The van der Waals surface area contributed by atoms with Gasteiger partial charge in [0.2, 0.25) is 0 Å². The minimum Gasteiger partial charge on any atom is -0.358 e. The quantitative estimate of drug-likeness (QED) is 0.636. The normalized spacial score (nSPS) is 16.6. The predicted molar refractivity (Wildman–Crippen MR) is 56.5 cm³/mol. The molecule has 0 spiro atoms. The summed E-state index contributed by atoms with van der Waals surface area (Å²) in [5.74, 6) is 0.719. The minimum absolute atomic E-state index is 0.196. The Hall–Kier alpha value is -0.0900. The van der Waals surface area contributed by atoms with Crippen molar-refractivity contribution < 1.29 is 4.79 Å². The highest BCUT2D eigenvalue weighted by molar-refractivity contribution is 8.23. The number of ketones is 1. The molecule has 0 aliphatic carbocycles. The first-order valence-electron chi connectivity index (χ1n) is 4.11. The number of likely N-dealkylation sites (tertiary alicyclic amines) is 1. The molecule has 0 amide bonds. The van der Waals surface area contributed by atoms with E-state index in [4.69, 9.17) is 12.2 Å². The van der Waals surface area contributed by atoms with Crippen molar-refractivity contribution in [1.82, 2.24) is 4.90 Å². The van der Waals surface area contributed by atoms with Crippen LogP contribution in [0.25, 0.3) is 0 Å². The van der Waals surface area contributed by atoms with Crippen LogP contribution < -0.4 is 0 Å². The van der Waals surface area contributed by atoms with Gasteiger partial charge in [0.1, 0.15) is 10.1 Å². The zero-order valence-electron chi connectivity index (χ0n) is 7.21. The number of hydrogen-bond acceptors (Lipinski definition) is 3. The van der Waals surface area contributed by atoms with Crippen molar-refractivity contribution in [1.29, 1.82) is 0 Å². The highest BCUT2D eigenvalue weighted by Gasteiger charge is 2.14. The highest BCUT2D eigenvalue weighted by Crippen LogP contribution is 2.15. The monoisotopic (exact) mass is 203 g/mol. The first kappa shape index (κ1) is 9.99. The fraction of sp³-hybridized carbons (Fsp3) is 0.750. The van der Waals surface area contributed by atoms with E-state index in [1.54, 1.807) is 6.92 Å². The van der Waals surface area contributed by atoms with E-state index in [0.29, 0.717) is 5.75 Å². The Kier molecular flexibility index (Phi) is 4.01. The highest BCUT2D eigenvalue weighted by atomic mass is 32.2. The molecule has 1 fully saturated rings. The maximum absolute atomic E-state index is 10.7. The Morgan fingerprint density at radius 1 is 1.50 bits per heavy atom. The third-order valence-corrected chi connectivity index (χ3v) is 3.43. The molecule has 0 saturated carbocycles. The minimum atomic E-state index is 0.196. The van der Waals surface area contributed by atoms with Gasteiger partial charge in [0, 0.05) is 13.1 Å². The molecule has 1 rings (SSSR count). The van der Waals surface area contributed by atoms with Gasteiger partial charge in [0.15, 0.2) is 0 Å². The Bertz CT molecular complexity index is 187. The molecule has 1 aliphatic heterocycles. The van der Waals surface area contributed by atoms with Crippen LogP contribution in [0.1, 0.15) is 19.8 Å². The molecule has 1 aliphatic rings. The second kappa shape index (κ2) is 4.82. The van der Waals surface area contributed by atoms with Gasteiger partial charge in [-0.05, 0) is 19.8 Å². The maximum atomic E-state index is 10.7. The van der Waals surface area contributed by atoms with Crippen molar-refractivity contribution in [2.45, 2.75) is 19.8 Å². The predicted octanol–water partition coefficient (Wildman–Crippen LogP) is 1.69. The van der Waals surface area contributed by atoms with Gasteiger partial charge in [-0.1, -0.05) is 24.0 Å². The summed E-state index contributed by atoms with van der Waals surface area (Å²) >= 11 is 6.66. The molecule has 2 nitrogen and oxygen atoms in total. The van der Waals surface area contributed by atoms with Crippen molar-refractivity contribution in [3.8, 4) is 0 Å². The molecular weight excluding hydrogens is 190 g/mol. The molecule has 0 aromatic rings. The van der Waals surface area contributed by atoms with E-state index in [2.05, 4.69) is 4.90 Å². The molecule has 1 saturated heterocycles. The summed E-state index contributed by atoms with van der Waals surface area (Å²) in [6.07, 6.45) is 2.47. The second-order valence-electron chi connectivity index (χ2n) is 2.95. The Morgan fingerprint density at radius 3 is 2.58 bits per heavy atom. The fourth-order valence-corrected chi connectivity index (χ4v) is 2.21. The molecule has 0 aromatic carbocycles. The molecule has 0 radical (unpaired) electrons. The van der Waals surface area contributed by atoms with Crippen LogP contribution in [0, 0.1) is 0 Å². The summed E-state index contributed by atoms with van der Waals surface area (Å²) in [5.41, 5.74) is 0. The average Bonchev–Trinajstić information content (AvgIpc) is 2.51. The molecule has 4 heteroatoms. The molecule has 0 atom stereocenters. The maximum Gasteiger partial charge on any atom is 0.140 e. The number of thioether (sulfide) groups is 1. The van der Waals surface area contributed by atoms with Crippen LogP contribution in [-0.2, 0) is 4.79 Å². The third-order valence-electron chi connectivity index (χ3n) is 1.76. The molecule has 68 valence electrons. The molecule has 0 aromatic heterocycles. The van der Waals surface area contributed by atoms with Crippen LogP contribution >= 0.6 is 24.0 Å². The first-order valence-corrected chi connectivity index (χ1v) is 5.50. The lowest BCUT2D eigenvalue weighted by Crippen LogP contribution is -2.23. The van der Waals surface area contributed by atoms with Crippen molar-refractivity contribution >= 4 is 34.1 Å². The number of hydrogen-bond donors (Lipinski definition) is 0. The van der Waals surface area contributed by atoms with Crippen molar-refractivity contribution in [3.05, 3.63) is 0 Å². The molecule has 1 heterocycles. The molecule has 12 heavy (non-hydrogen) atoms. The smallest absolute Gasteiger partial charge is 0.140 e. The summed E-state index contributed by atoms with van der Waals surface area (Å²) in [7, 11) is 0. The zero-order valence-corrected chi connectivity index (χ0v) is 8.84. The van der Waals surface area contributed by atoms with Gasteiger partial charge in [0.25, 0.3) is 0 Å². The van der Waals surface area contributed by atoms with Gasteiger partial charge in [-0.2, -0.15) is 0 Å². The number of rotatable bonds is 2. The number of thiocarbonyl (C=S) groups is 1. The lowest BCUT2D eigenvalue weighted by Gasteiger charge is -2.16. The summed E-state index contributed by atoms with van der Waals surface area (Å²) in [4.78, 5) is 12.8. The van der Waals surface area contributed by atoms with E-state index in [1.165, 1.54) is 24.6 Å². The van der Waals surface area contributed by atoms with Gasteiger partial charge >= 0.3 is 0 Å². The van der Waals surface area contributed by atoms with Crippen LogP contribution in [0.15, 0.2) is 0 Å². The SMILES string of the molecule is CC(=O)CSC(=S)N1CCCC1. The van der Waals surface area contributed by atoms with Gasteiger partial charge in [0.05, 0.1) is 5.75 Å². The Labute approximate surface area is 82.7 Å². The van der Waals surface area contributed by atoms with Gasteiger partial charge in [-0.15, -0.1) is 0 Å². The van der Waals surface area contributed by atoms with Crippen molar-refractivity contribution in [2.75, 3.05) is 18.8 Å². The van der Waals surface area contributed by atoms with E-state index < -0.39 is 0 Å². The van der Waals surface area contributed by atoms with Crippen LogP contribution in [0.3, 0.4) is 0 Å². The van der Waals surface area contributed by atoms with Gasteiger partial charge < -0.3 is 4.90 Å². The number of nitrogens with zero attached hydrogens (tertiary/aromatic N) is 1. The molecular formula is C8H13NOS2. The zero-order chi connectivity index (χ0) is 8.97. The van der Waals surface area contributed by atoms with Crippen LogP contribution in [-0.4, -0.2) is 33.8 Å². The summed E-state index contributed by atoms with van der Waals surface area (Å²) in [6, 6.07) is 0. The third kappa shape index (κ3) is 3.11. The van der Waals surface area contributed by atoms with E-state index in [0.717, 1.165) is 17.4 Å². The topological polar surface area (TPSA) is 20.3 Å². The Morgan fingerprint density at radius 2 is 2.08 bits per heavy atom. The van der Waals surface area contributed by atoms with Crippen molar-refractivity contribution in [2.24, 2.45) is 0 Å². The van der Waals surface area contributed by atoms with E-state index in [9.17, 15) is 4.79 Å². The number of carbonyl (C=O) groups excluding carboxylic acids is 1. The van der Waals surface area contributed by atoms with Crippen LogP contribution in [0.5, 0.6) is 0 Å². The number of carbonyl (C=O) groups is 1. The molecule has 0 bridgehead atoms. The van der Waals surface area contributed by atoms with Gasteiger partial charge in [-0.3, -0.25) is 4.79 Å². The molecule has 0 unspecified atom stereocenters. The van der Waals surface area contributed by atoms with Crippen molar-refractivity contribution in [3.63, 3.8) is 0 Å². The number of Topliss-reactive ketones (excluding diaryl/α,β-unsaturated/α-hetero) is 1. The van der Waals surface area contributed by atoms with E-state index >= 15 is 0 Å². The average molecular weight is 203 g/mol. The van der Waals surface area contributed by atoms with Crippen LogP contribution in [0.2, 0.25) is 0 Å². The Balaban J connectivity index is 2.23. The lowest BCUT2D eigenvalue weighted by atomic mass is 10.4. The van der Waals surface area contributed by atoms with E-state index in [-0.39, 0.29) is 5.78 Å². The standard InChI is InChI=1S/C8H13NOS2/c1-7(10)6-12-8(11)9-4-2-3-5-9/h2-6H2,1H3. The first-order chi connectivity index (χ1) is 5.70. The summed E-state index contributed by atoms with van der Waals surface area (Å²) in [5, 5.41) is 0. The largest absolute Gasteiger partial charge is 0.358 e. The second-order valence-corrected chi connectivity index (χ2v) is 4.56. The summed E-state index contributed by atoms with van der Waals surface area (Å²) < 4.78 is 0.891. The summed E-state index contributed by atoms with van der Waals surface area (Å²) in [6.45, 7) is 3.74. The van der Waals surface area contributed by atoms with Gasteiger partial charge in [-0.25, -0.2) is 0 Å². The lowest BCUT2D eigenvalue weighted by molar-refractivity contribution is -0.114. The van der Waals surface area contributed by atoms with Crippen LogP contribution in [0.4, 0.5) is 0 Å². The molecule has 0 N–H and O–H groups in total.